The monoisotopic (exact) mass is 220 g/mol. The van der Waals surface area contributed by atoms with E-state index < -0.39 is 0 Å². The summed E-state index contributed by atoms with van der Waals surface area (Å²) >= 11 is 5.83. The first kappa shape index (κ1) is 10.1. The molecule has 0 saturated carbocycles. The van der Waals surface area contributed by atoms with E-state index in [0.29, 0.717) is 0 Å². The molecule has 0 unspecified atom stereocenters. The maximum Gasteiger partial charge on any atom is 0.103 e. The van der Waals surface area contributed by atoms with Crippen molar-refractivity contribution in [3.8, 4) is 11.1 Å². The molecule has 0 amide bonds. The second kappa shape index (κ2) is 3.99. The van der Waals surface area contributed by atoms with Crippen LogP contribution in [-0.4, -0.2) is 4.57 Å². The third-order valence-electron chi connectivity index (χ3n) is 2.45. The van der Waals surface area contributed by atoms with Gasteiger partial charge in [-0.2, -0.15) is 0 Å². The minimum Gasteiger partial charge on any atom is -0.385 e. The first-order valence-corrected chi connectivity index (χ1v) is 5.30. The van der Waals surface area contributed by atoms with E-state index in [-0.39, 0.29) is 0 Å². The van der Waals surface area contributed by atoms with Crippen LogP contribution in [0.1, 0.15) is 6.92 Å². The van der Waals surface area contributed by atoms with Crippen LogP contribution in [0.15, 0.2) is 36.5 Å². The summed E-state index contributed by atoms with van der Waals surface area (Å²) in [5.74, 6) is 0.794. The van der Waals surface area contributed by atoms with E-state index in [1.54, 1.807) is 0 Å². The highest BCUT2D eigenvalue weighted by Crippen LogP contribution is 2.24. The molecule has 2 aromatic rings. The molecule has 1 aromatic heterocycles. The molecule has 0 aliphatic heterocycles. The molecule has 0 atom stereocenters. The molecular weight excluding hydrogens is 208 g/mol. The van der Waals surface area contributed by atoms with Crippen LogP contribution in [0.5, 0.6) is 0 Å². The molecule has 0 fully saturated rings. The lowest BCUT2D eigenvalue weighted by molar-refractivity contribution is 0.780. The van der Waals surface area contributed by atoms with Crippen LogP contribution in [0, 0.1) is 0 Å². The Bertz CT molecular complexity index is 457. The van der Waals surface area contributed by atoms with Crippen molar-refractivity contribution in [1.29, 1.82) is 0 Å². The molecular formula is C12H13ClN2. The van der Waals surface area contributed by atoms with Crippen molar-refractivity contribution in [3.63, 3.8) is 0 Å². The van der Waals surface area contributed by atoms with E-state index in [2.05, 4.69) is 13.1 Å². The number of aromatic nitrogens is 1. The fourth-order valence-corrected chi connectivity index (χ4v) is 1.72. The van der Waals surface area contributed by atoms with Crippen molar-refractivity contribution in [2.24, 2.45) is 0 Å². The molecule has 1 heterocycles. The molecule has 2 rings (SSSR count). The van der Waals surface area contributed by atoms with Crippen LogP contribution in [0.4, 0.5) is 5.82 Å². The number of nitrogen functional groups attached to an aromatic ring is 1. The largest absolute Gasteiger partial charge is 0.385 e. The fraction of sp³-hybridized carbons (Fsp3) is 0.167. The van der Waals surface area contributed by atoms with Crippen LogP contribution in [0.3, 0.4) is 0 Å². The molecule has 0 radical (unpaired) electrons. The van der Waals surface area contributed by atoms with Gasteiger partial charge in [0.05, 0.1) is 0 Å². The van der Waals surface area contributed by atoms with Gasteiger partial charge in [-0.25, -0.2) is 0 Å². The fourth-order valence-electron chi connectivity index (χ4n) is 1.60. The summed E-state index contributed by atoms with van der Waals surface area (Å²) in [6.07, 6.45) is 2.05. The Kier molecular flexibility index (Phi) is 2.69. The lowest BCUT2D eigenvalue weighted by Gasteiger charge is -1.98. The summed E-state index contributed by atoms with van der Waals surface area (Å²) in [5.41, 5.74) is 8.12. The van der Waals surface area contributed by atoms with Gasteiger partial charge < -0.3 is 10.3 Å². The number of anilines is 1. The van der Waals surface area contributed by atoms with Crippen molar-refractivity contribution >= 4 is 17.4 Å². The van der Waals surface area contributed by atoms with Gasteiger partial charge in [0.1, 0.15) is 5.82 Å². The van der Waals surface area contributed by atoms with Gasteiger partial charge in [-0.3, -0.25) is 0 Å². The normalized spacial score (nSPS) is 10.5. The van der Waals surface area contributed by atoms with Crippen molar-refractivity contribution < 1.29 is 0 Å². The summed E-state index contributed by atoms with van der Waals surface area (Å²) in [4.78, 5) is 0. The number of aryl methyl sites for hydroxylation is 1. The average Bonchev–Trinajstić information content (AvgIpc) is 2.61. The Morgan fingerprint density at radius 3 is 2.40 bits per heavy atom. The Labute approximate surface area is 94.3 Å². The van der Waals surface area contributed by atoms with Crippen LogP contribution in [-0.2, 0) is 6.54 Å². The number of hydrogen-bond acceptors (Lipinski definition) is 1. The number of nitrogens with two attached hydrogens (primary N) is 1. The van der Waals surface area contributed by atoms with Crippen LogP contribution in [0.25, 0.3) is 11.1 Å². The summed E-state index contributed by atoms with van der Waals surface area (Å²) in [6, 6.07) is 9.74. The summed E-state index contributed by atoms with van der Waals surface area (Å²) in [5, 5.41) is 0.752. The quantitative estimate of drug-likeness (QED) is 0.826. The van der Waals surface area contributed by atoms with Crippen molar-refractivity contribution in [1.82, 2.24) is 4.57 Å². The number of rotatable bonds is 2. The predicted octanol–water partition coefficient (Wildman–Crippen LogP) is 3.41. The molecule has 78 valence electrons. The Balaban J connectivity index is 2.41. The number of benzene rings is 1. The third kappa shape index (κ3) is 2.00. The van der Waals surface area contributed by atoms with E-state index in [1.165, 1.54) is 0 Å². The Morgan fingerprint density at radius 2 is 1.87 bits per heavy atom. The highest BCUT2D eigenvalue weighted by molar-refractivity contribution is 6.30. The zero-order valence-corrected chi connectivity index (χ0v) is 9.33. The zero-order chi connectivity index (χ0) is 10.8. The van der Waals surface area contributed by atoms with Gasteiger partial charge in [0, 0.05) is 23.3 Å². The minimum absolute atomic E-state index is 0.752. The number of hydrogen-bond donors (Lipinski definition) is 1. The highest BCUT2D eigenvalue weighted by atomic mass is 35.5. The standard InChI is InChI=1S/C12H13ClN2/c1-2-15-8-10(7-12(15)14)9-3-5-11(13)6-4-9/h3-8H,2,14H2,1H3. The first-order chi connectivity index (χ1) is 7.20. The maximum atomic E-state index is 5.86. The lowest BCUT2D eigenvalue weighted by atomic mass is 10.1. The van der Waals surface area contributed by atoms with E-state index in [0.717, 1.165) is 28.5 Å². The van der Waals surface area contributed by atoms with Gasteiger partial charge >= 0.3 is 0 Å². The maximum absolute atomic E-state index is 5.86. The second-order valence-electron chi connectivity index (χ2n) is 3.45. The topological polar surface area (TPSA) is 30.9 Å². The van der Waals surface area contributed by atoms with Crippen LogP contribution < -0.4 is 5.73 Å². The van der Waals surface area contributed by atoms with Gasteiger partial charge in [0.25, 0.3) is 0 Å². The lowest BCUT2D eigenvalue weighted by Crippen LogP contribution is -1.97. The first-order valence-electron chi connectivity index (χ1n) is 4.92. The predicted molar refractivity (Wildman–Crippen MR) is 65.0 cm³/mol. The molecule has 0 bridgehead atoms. The summed E-state index contributed by atoms with van der Waals surface area (Å²) in [7, 11) is 0. The minimum atomic E-state index is 0.752. The van der Waals surface area contributed by atoms with Crippen molar-refractivity contribution in [3.05, 3.63) is 41.6 Å². The molecule has 0 spiro atoms. The van der Waals surface area contributed by atoms with E-state index in [1.807, 2.05) is 34.9 Å². The molecule has 15 heavy (non-hydrogen) atoms. The van der Waals surface area contributed by atoms with Gasteiger partial charge in [0.15, 0.2) is 0 Å². The Hall–Kier alpha value is -1.41. The van der Waals surface area contributed by atoms with Gasteiger partial charge in [-0.05, 0) is 30.7 Å². The SMILES string of the molecule is CCn1cc(-c2ccc(Cl)cc2)cc1N. The van der Waals surface area contributed by atoms with Crippen LogP contribution in [0.2, 0.25) is 5.02 Å². The van der Waals surface area contributed by atoms with Crippen molar-refractivity contribution in [2.75, 3.05) is 5.73 Å². The molecule has 2 N–H and O–H groups in total. The van der Waals surface area contributed by atoms with E-state index in [4.69, 9.17) is 17.3 Å². The van der Waals surface area contributed by atoms with Crippen molar-refractivity contribution in [2.45, 2.75) is 13.5 Å². The van der Waals surface area contributed by atoms with Gasteiger partial charge in [0.2, 0.25) is 0 Å². The zero-order valence-electron chi connectivity index (χ0n) is 8.57. The second-order valence-corrected chi connectivity index (χ2v) is 3.88. The molecule has 2 nitrogen and oxygen atoms in total. The van der Waals surface area contributed by atoms with Crippen LogP contribution >= 0.6 is 11.6 Å². The summed E-state index contributed by atoms with van der Waals surface area (Å²) < 4.78 is 2.02. The third-order valence-corrected chi connectivity index (χ3v) is 2.70. The van der Waals surface area contributed by atoms with Gasteiger partial charge in [-0.15, -0.1) is 0 Å². The van der Waals surface area contributed by atoms with E-state index in [9.17, 15) is 0 Å². The van der Waals surface area contributed by atoms with Gasteiger partial charge in [-0.1, -0.05) is 23.7 Å². The molecule has 0 aliphatic carbocycles. The molecule has 3 heteroatoms. The number of halogens is 1. The summed E-state index contributed by atoms with van der Waals surface area (Å²) in [6.45, 7) is 2.96. The Morgan fingerprint density at radius 1 is 1.20 bits per heavy atom. The number of nitrogens with zero attached hydrogens (tertiary/aromatic N) is 1. The molecule has 0 aliphatic rings. The molecule has 0 saturated heterocycles. The molecule has 1 aromatic carbocycles. The highest BCUT2D eigenvalue weighted by Gasteiger charge is 2.03. The average molecular weight is 221 g/mol. The smallest absolute Gasteiger partial charge is 0.103 e. The van der Waals surface area contributed by atoms with E-state index >= 15 is 0 Å².